The van der Waals surface area contributed by atoms with Gasteiger partial charge >= 0.3 is 5.97 Å². The van der Waals surface area contributed by atoms with Crippen LogP contribution >= 0.6 is 11.3 Å². The van der Waals surface area contributed by atoms with Crippen molar-refractivity contribution in [2.45, 2.75) is 35.4 Å². The molecule has 1 amide bonds. The van der Waals surface area contributed by atoms with E-state index < -0.39 is 21.5 Å². The van der Waals surface area contributed by atoms with Gasteiger partial charge < -0.3 is 10.4 Å². The van der Waals surface area contributed by atoms with Crippen molar-refractivity contribution in [1.29, 1.82) is 0 Å². The van der Waals surface area contributed by atoms with E-state index in [1.54, 1.807) is 35.7 Å². The van der Waals surface area contributed by atoms with E-state index in [1.807, 2.05) is 0 Å². The Morgan fingerprint density at radius 2 is 1.85 bits per heavy atom. The van der Waals surface area contributed by atoms with Gasteiger partial charge in [0.1, 0.15) is 9.75 Å². The molecule has 7 nitrogen and oxygen atoms in total. The van der Waals surface area contributed by atoms with Crippen molar-refractivity contribution in [2.24, 2.45) is 0 Å². The highest BCUT2D eigenvalue weighted by Gasteiger charge is 2.45. The van der Waals surface area contributed by atoms with Gasteiger partial charge in [0, 0.05) is 5.69 Å². The maximum atomic E-state index is 12.2. The molecule has 0 aliphatic heterocycles. The van der Waals surface area contributed by atoms with Gasteiger partial charge in [-0.05, 0) is 48.4 Å². The fourth-order valence-corrected chi connectivity index (χ4v) is 4.78. The summed E-state index contributed by atoms with van der Waals surface area (Å²) < 4.78 is 27.0. The molecular weight excluding hydrogens is 376 g/mol. The van der Waals surface area contributed by atoms with E-state index in [4.69, 9.17) is 0 Å². The molecule has 3 rings (SSSR count). The highest BCUT2D eigenvalue weighted by atomic mass is 32.2. The summed E-state index contributed by atoms with van der Waals surface area (Å²) in [5.41, 5.74) is -0.0714. The summed E-state index contributed by atoms with van der Waals surface area (Å²) in [4.78, 5) is 23.4. The molecule has 1 aliphatic carbocycles. The lowest BCUT2D eigenvalue weighted by molar-refractivity contribution is -0.151. The van der Waals surface area contributed by atoms with Crippen molar-refractivity contribution in [1.82, 2.24) is 5.32 Å². The SMILES string of the molecule is O=C(Cc1ccc(NS(=O)(=O)c2cccs2)cc1)NC1(C(=O)O)CCC1. The first kappa shape index (κ1) is 18.4. The third kappa shape index (κ3) is 3.88. The summed E-state index contributed by atoms with van der Waals surface area (Å²) in [6.07, 6.45) is 1.70. The molecule has 2 aromatic rings. The summed E-state index contributed by atoms with van der Waals surface area (Å²) in [7, 11) is -3.61. The van der Waals surface area contributed by atoms with E-state index in [-0.39, 0.29) is 16.5 Å². The van der Waals surface area contributed by atoms with Crippen molar-refractivity contribution >= 4 is 38.9 Å². The number of hydrogen-bond donors (Lipinski definition) is 3. The van der Waals surface area contributed by atoms with Crippen molar-refractivity contribution in [3.8, 4) is 0 Å². The highest BCUT2D eigenvalue weighted by Crippen LogP contribution is 2.32. The van der Waals surface area contributed by atoms with Gasteiger partial charge in [0.15, 0.2) is 0 Å². The van der Waals surface area contributed by atoms with Crippen LogP contribution in [-0.4, -0.2) is 30.9 Å². The number of carboxylic acids is 1. The number of carbonyl (C=O) groups is 2. The molecule has 26 heavy (non-hydrogen) atoms. The lowest BCUT2D eigenvalue weighted by Gasteiger charge is -2.38. The third-order valence-electron chi connectivity index (χ3n) is 4.33. The van der Waals surface area contributed by atoms with Crippen LogP contribution in [-0.2, 0) is 26.0 Å². The van der Waals surface area contributed by atoms with E-state index >= 15 is 0 Å². The van der Waals surface area contributed by atoms with Crippen LogP contribution in [0.2, 0.25) is 0 Å². The number of anilines is 1. The topological polar surface area (TPSA) is 113 Å². The van der Waals surface area contributed by atoms with Crippen molar-refractivity contribution in [2.75, 3.05) is 4.72 Å². The maximum Gasteiger partial charge on any atom is 0.329 e. The Kier molecular flexibility index (Phi) is 5.01. The first-order valence-electron chi connectivity index (χ1n) is 8.00. The first-order chi connectivity index (χ1) is 12.3. The molecule has 1 aromatic heterocycles. The van der Waals surface area contributed by atoms with Crippen molar-refractivity contribution < 1.29 is 23.1 Å². The minimum Gasteiger partial charge on any atom is -0.480 e. The number of sulfonamides is 1. The van der Waals surface area contributed by atoms with Crippen molar-refractivity contribution in [3.63, 3.8) is 0 Å². The van der Waals surface area contributed by atoms with Crippen LogP contribution < -0.4 is 10.0 Å². The van der Waals surface area contributed by atoms with Crippen molar-refractivity contribution in [3.05, 3.63) is 47.3 Å². The Balaban J connectivity index is 1.61. The summed E-state index contributed by atoms with van der Waals surface area (Å²) in [6, 6.07) is 9.60. The number of carbonyl (C=O) groups excluding carboxylic acids is 1. The first-order valence-corrected chi connectivity index (χ1v) is 10.4. The molecule has 1 saturated carbocycles. The second kappa shape index (κ2) is 7.08. The molecule has 0 bridgehead atoms. The highest BCUT2D eigenvalue weighted by molar-refractivity contribution is 7.94. The van der Waals surface area contributed by atoms with Gasteiger partial charge in [-0.1, -0.05) is 18.2 Å². The van der Waals surface area contributed by atoms with Gasteiger partial charge in [0.25, 0.3) is 10.0 Å². The summed E-state index contributed by atoms with van der Waals surface area (Å²) in [6.45, 7) is 0. The summed E-state index contributed by atoms with van der Waals surface area (Å²) in [5.74, 6) is -1.37. The molecule has 0 radical (unpaired) electrons. The number of nitrogens with one attached hydrogen (secondary N) is 2. The predicted molar refractivity (Wildman–Crippen MR) is 97.6 cm³/mol. The standard InChI is InChI=1S/C17H18N2O5S2/c20-14(18-17(16(21)22)8-2-9-17)11-12-4-6-13(7-5-12)19-26(23,24)15-3-1-10-25-15/h1,3-7,10,19H,2,8-9,11H2,(H,18,20)(H,21,22). The Labute approximate surface area is 155 Å². The number of hydrogen-bond acceptors (Lipinski definition) is 5. The lowest BCUT2D eigenvalue weighted by Crippen LogP contribution is -2.59. The second-order valence-corrected chi connectivity index (χ2v) is 9.06. The Morgan fingerprint density at radius 3 is 2.35 bits per heavy atom. The quantitative estimate of drug-likeness (QED) is 0.666. The average Bonchev–Trinajstić information content (AvgIpc) is 3.07. The summed E-state index contributed by atoms with van der Waals surface area (Å²) >= 11 is 1.12. The molecule has 0 saturated heterocycles. The molecule has 1 heterocycles. The Bertz CT molecular complexity index is 901. The molecule has 1 aliphatic rings. The van der Waals surface area contributed by atoms with Crippen LogP contribution in [0, 0.1) is 0 Å². The minimum absolute atomic E-state index is 0.0347. The Morgan fingerprint density at radius 1 is 1.15 bits per heavy atom. The smallest absolute Gasteiger partial charge is 0.329 e. The van der Waals surface area contributed by atoms with Gasteiger partial charge in [-0.25, -0.2) is 13.2 Å². The van der Waals surface area contributed by atoms with Crippen LogP contribution in [0.1, 0.15) is 24.8 Å². The molecule has 138 valence electrons. The van der Waals surface area contributed by atoms with Crippen LogP contribution in [0.3, 0.4) is 0 Å². The number of amides is 1. The fourth-order valence-electron chi connectivity index (χ4n) is 2.73. The lowest BCUT2D eigenvalue weighted by atomic mass is 9.76. The molecule has 0 atom stereocenters. The van der Waals surface area contributed by atoms with E-state index in [9.17, 15) is 23.1 Å². The molecule has 1 fully saturated rings. The van der Waals surface area contributed by atoms with Gasteiger partial charge in [-0.3, -0.25) is 9.52 Å². The van der Waals surface area contributed by atoms with Crippen LogP contribution in [0.25, 0.3) is 0 Å². The van der Waals surface area contributed by atoms with Gasteiger partial charge in [-0.15, -0.1) is 11.3 Å². The van der Waals surface area contributed by atoms with Gasteiger partial charge in [0.2, 0.25) is 5.91 Å². The predicted octanol–water partition coefficient (Wildman–Crippen LogP) is 2.21. The van der Waals surface area contributed by atoms with Crippen LogP contribution in [0.15, 0.2) is 46.0 Å². The normalized spacial score (nSPS) is 15.7. The molecule has 3 N–H and O–H groups in total. The number of carboxylic acid groups (broad SMARTS) is 1. The monoisotopic (exact) mass is 394 g/mol. The van der Waals surface area contributed by atoms with E-state index in [0.717, 1.165) is 17.8 Å². The molecule has 9 heteroatoms. The second-order valence-electron chi connectivity index (χ2n) is 6.20. The molecule has 1 aromatic carbocycles. The summed E-state index contributed by atoms with van der Waals surface area (Å²) in [5, 5.41) is 13.5. The number of rotatable bonds is 7. The zero-order valence-corrected chi connectivity index (χ0v) is 15.4. The van der Waals surface area contributed by atoms with Crippen LogP contribution in [0.4, 0.5) is 5.69 Å². The number of thiophene rings is 1. The minimum atomic E-state index is -3.61. The number of aliphatic carboxylic acids is 1. The number of benzene rings is 1. The largest absolute Gasteiger partial charge is 0.480 e. The zero-order valence-electron chi connectivity index (χ0n) is 13.8. The van der Waals surface area contributed by atoms with Gasteiger partial charge in [0.05, 0.1) is 6.42 Å². The van der Waals surface area contributed by atoms with E-state index in [2.05, 4.69) is 10.0 Å². The zero-order chi connectivity index (χ0) is 18.8. The third-order valence-corrected chi connectivity index (χ3v) is 7.10. The molecule has 0 unspecified atom stereocenters. The fraction of sp³-hybridized carbons (Fsp3) is 0.294. The van der Waals surface area contributed by atoms with E-state index in [0.29, 0.717) is 24.1 Å². The van der Waals surface area contributed by atoms with Gasteiger partial charge in [-0.2, -0.15) is 0 Å². The molecule has 0 spiro atoms. The molecular formula is C17H18N2O5S2. The maximum absolute atomic E-state index is 12.2. The van der Waals surface area contributed by atoms with Crippen LogP contribution in [0.5, 0.6) is 0 Å². The van der Waals surface area contributed by atoms with E-state index in [1.165, 1.54) is 6.07 Å². The Hall–Kier alpha value is -2.39. The average molecular weight is 394 g/mol.